The highest BCUT2D eigenvalue weighted by Crippen LogP contribution is 2.25. The second-order valence-electron chi connectivity index (χ2n) is 5.70. The molecule has 0 saturated carbocycles. The average molecular weight is 328 g/mol. The lowest BCUT2D eigenvalue weighted by Gasteiger charge is -2.14. The van der Waals surface area contributed by atoms with Gasteiger partial charge in [-0.15, -0.1) is 10.2 Å². The summed E-state index contributed by atoms with van der Waals surface area (Å²) in [6.07, 6.45) is 2.20. The molecule has 1 heterocycles. The van der Waals surface area contributed by atoms with Gasteiger partial charge in [-0.2, -0.15) is 0 Å². The van der Waals surface area contributed by atoms with Crippen molar-refractivity contribution in [3.8, 4) is 5.75 Å². The van der Waals surface area contributed by atoms with Gasteiger partial charge in [0.2, 0.25) is 0 Å². The number of hydrogen-bond donors (Lipinski definition) is 2. The lowest BCUT2D eigenvalue weighted by atomic mass is 10.2. The minimum atomic E-state index is -0.317. The SMILES string of the molecule is CCCCNc1ccc(C(=O)Nc2ccccc2OC(C)C)nn1. The van der Waals surface area contributed by atoms with Gasteiger partial charge in [0.05, 0.1) is 11.8 Å². The number of anilines is 2. The fourth-order valence-electron chi connectivity index (χ4n) is 2.05. The Morgan fingerprint density at radius 2 is 1.96 bits per heavy atom. The highest BCUT2D eigenvalue weighted by molar-refractivity contribution is 6.03. The summed E-state index contributed by atoms with van der Waals surface area (Å²) < 4.78 is 5.70. The van der Waals surface area contributed by atoms with E-state index in [-0.39, 0.29) is 17.7 Å². The summed E-state index contributed by atoms with van der Waals surface area (Å²) in [4.78, 5) is 12.3. The fraction of sp³-hybridized carbons (Fsp3) is 0.389. The third-order valence-corrected chi connectivity index (χ3v) is 3.23. The summed E-state index contributed by atoms with van der Waals surface area (Å²) in [7, 11) is 0. The zero-order chi connectivity index (χ0) is 17.4. The smallest absolute Gasteiger partial charge is 0.276 e. The van der Waals surface area contributed by atoms with Crippen LogP contribution in [0.4, 0.5) is 11.5 Å². The summed E-state index contributed by atoms with van der Waals surface area (Å²) in [5.74, 6) is 0.984. The van der Waals surface area contributed by atoms with Crippen LogP contribution in [0.2, 0.25) is 0 Å². The molecule has 1 aromatic heterocycles. The van der Waals surface area contributed by atoms with Gasteiger partial charge in [-0.3, -0.25) is 4.79 Å². The second-order valence-corrected chi connectivity index (χ2v) is 5.70. The molecule has 128 valence electrons. The van der Waals surface area contributed by atoms with E-state index in [1.165, 1.54) is 0 Å². The number of ether oxygens (including phenoxy) is 1. The Morgan fingerprint density at radius 3 is 2.62 bits per heavy atom. The number of carbonyl (C=O) groups is 1. The molecule has 2 aromatic rings. The summed E-state index contributed by atoms with van der Waals surface area (Å²) in [6.45, 7) is 6.85. The Kier molecular flexibility index (Phi) is 6.54. The predicted octanol–water partition coefficient (Wildman–Crippen LogP) is 3.73. The van der Waals surface area contributed by atoms with Crippen molar-refractivity contribution in [1.29, 1.82) is 0 Å². The van der Waals surface area contributed by atoms with E-state index < -0.39 is 0 Å². The van der Waals surface area contributed by atoms with Gasteiger partial charge in [-0.1, -0.05) is 25.5 Å². The van der Waals surface area contributed by atoms with E-state index in [0.29, 0.717) is 17.3 Å². The molecule has 6 heteroatoms. The molecular formula is C18H24N4O2. The van der Waals surface area contributed by atoms with Gasteiger partial charge < -0.3 is 15.4 Å². The second kappa shape index (κ2) is 8.86. The topological polar surface area (TPSA) is 76.1 Å². The number of aromatic nitrogens is 2. The standard InChI is InChI=1S/C18H24N4O2/c1-4-5-12-19-17-11-10-15(21-22-17)18(23)20-14-8-6-7-9-16(14)24-13(2)3/h6-11,13H,4-5,12H2,1-3H3,(H,19,22)(H,20,23). The summed E-state index contributed by atoms with van der Waals surface area (Å²) in [6, 6.07) is 10.7. The van der Waals surface area contributed by atoms with E-state index >= 15 is 0 Å². The van der Waals surface area contributed by atoms with Crippen molar-refractivity contribution in [1.82, 2.24) is 10.2 Å². The monoisotopic (exact) mass is 328 g/mol. The zero-order valence-electron chi connectivity index (χ0n) is 14.4. The van der Waals surface area contributed by atoms with Gasteiger partial charge >= 0.3 is 0 Å². The van der Waals surface area contributed by atoms with Crippen LogP contribution in [0, 0.1) is 0 Å². The van der Waals surface area contributed by atoms with E-state index in [4.69, 9.17) is 4.74 Å². The highest BCUT2D eigenvalue weighted by atomic mass is 16.5. The molecule has 1 amide bonds. The maximum absolute atomic E-state index is 12.3. The van der Waals surface area contributed by atoms with Crippen LogP contribution in [0.5, 0.6) is 5.75 Å². The quantitative estimate of drug-likeness (QED) is 0.722. The number of carbonyl (C=O) groups excluding carboxylic acids is 1. The fourth-order valence-corrected chi connectivity index (χ4v) is 2.05. The molecule has 6 nitrogen and oxygen atoms in total. The molecule has 1 aromatic carbocycles. The normalized spacial score (nSPS) is 10.5. The zero-order valence-corrected chi connectivity index (χ0v) is 14.4. The maximum atomic E-state index is 12.3. The van der Waals surface area contributed by atoms with Crippen LogP contribution in [-0.4, -0.2) is 28.8 Å². The molecule has 0 atom stereocenters. The van der Waals surface area contributed by atoms with Crippen LogP contribution < -0.4 is 15.4 Å². The molecule has 0 unspecified atom stereocenters. The molecule has 0 radical (unpaired) electrons. The van der Waals surface area contributed by atoms with Crippen molar-refractivity contribution in [2.45, 2.75) is 39.7 Å². The van der Waals surface area contributed by atoms with Crippen molar-refractivity contribution in [2.75, 3.05) is 17.2 Å². The molecule has 0 saturated heterocycles. The van der Waals surface area contributed by atoms with Gasteiger partial charge in [0, 0.05) is 6.54 Å². The van der Waals surface area contributed by atoms with Crippen molar-refractivity contribution in [3.05, 3.63) is 42.1 Å². The van der Waals surface area contributed by atoms with E-state index in [1.807, 2.05) is 32.0 Å². The molecule has 2 rings (SSSR count). The third-order valence-electron chi connectivity index (χ3n) is 3.23. The third kappa shape index (κ3) is 5.22. The average Bonchev–Trinajstić information content (AvgIpc) is 2.57. The van der Waals surface area contributed by atoms with Crippen LogP contribution >= 0.6 is 0 Å². The number of hydrogen-bond acceptors (Lipinski definition) is 5. The highest BCUT2D eigenvalue weighted by Gasteiger charge is 2.12. The van der Waals surface area contributed by atoms with E-state index in [0.717, 1.165) is 19.4 Å². The molecule has 0 aliphatic carbocycles. The number of nitrogens with zero attached hydrogens (tertiary/aromatic N) is 2. The van der Waals surface area contributed by atoms with Crippen LogP contribution in [0.15, 0.2) is 36.4 Å². The minimum absolute atomic E-state index is 0.0244. The summed E-state index contributed by atoms with van der Waals surface area (Å²) in [5, 5.41) is 14.0. The molecule has 0 aliphatic heterocycles. The number of rotatable bonds is 8. The number of nitrogens with one attached hydrogen (secondary N) is 2. The summed E-state index contributed by atoms with van der Waals surface area (Å²) in [5.41, 5.74) is 0.874. The number of benzene rings is 1. The lowest BCUT2D eigenvalue weighted by Crippen LogP contribution is -2.16. The first kappa shape index (κ1) is 17.7. The van der Waals surface area contributed by atoms with Crippen molar-refractivity contribution < 1.29 is 9.53 Å². The first-order valence-electron chi connectivity index (χ1n) is 8.24. The van der Waals surface area contributed by atoms with Crippen LogP contribution in [0.25, 0.3) is 0 Å². The van der Waals surface area contributed by atoms with Gasteiger partial charge in [0.15, 0.2) is 5.69 Å². The summed E-state index contributed by atoms with van der Waals surface area (Å²) >= 11 is 0. The molecule has 0 spiro atoms. The molecule has 0 aliphatic rings. The molecule has 0 bridgehead atoms. The first-order valence-corrected chi connectivity index (χ1v) is 8.24. The predicted molar refractivity (Wildman–Crippen MR) is 95.6 cm³/mol. The molecule has 24 heavy (non-hydrogen) atoms. The van der Waals surface area contributed by atoms with Crippen molar-refractivity contribution in [3.63, 3.8) is 0 Å². The Bertz CT molecular complexity index is 656. The minimum Gasteiger partial charge on any atom is -0.489 e. The first-order chi connectivity index (χ1) is 11.6. The number of amides is 1. The lowest BCUT2D eigenvalue weighted by molar-refractivity contribution is 0.102. The van der Waals surface area contributed by atoms with Gasteiger partial charge in [0.1, 0.15) is 11.6 Å². The Hall–Kier alpha value is -2.63. The van der Waals surface area contributed by atoms with Crippen molar-refractivity contribution >= 4 is 17.4 Å². The molecule has 2 N–H and O–H groups in total. The van der Waals surface area contributed by atoms with Crippen LogP contribution in [0.1, 0.15) is 44.1 Å². The van der Waals surface area contributed by atoms with E-state index in [9.17, 15) is 4.79 Å². The van der Waals surface area contributed by atoms with Gasteiger partial charge in [-0.25, -0.2) is 0 Å². The van der Waals surface area contributed by atoms with E-state index in [1.54, 1.807) is 18.2 Å². The van der Waals surface area contributed by atoms with E-state index in [2.05, 4.69) is 27.8 Å². The van der Waals surface area contributed by atoms with Crippen LogP contribution in [-0.2, 0) is 0 Å². The Balaban J connectivity index is 2.02. The molecule has 0 fully saturated rings. The van der Waals surface area contributed by atoms with Gasteiger partial charge in [-0.05, 0) is 44.5 Å². The Labute approximate surface area is 142 Å². The van der Waals surface area contributed by atoms with Gasteiger partial charge in [0.25, 0.3) is 5.91 Å². The Morgan fingerprint density at radius 1 is 1.17 bits per heavy atom. The van der Waals surface area contributed by atoms with Crippen molar-refractivity contribution in [2.24, 2.45) is 0 Å². The molecular weight excluding hydrogens is 304 g/mol. The number of unbranched alkanes of at least 4 members (excludes halogenated alkanes) is 1. The largest absolute Gasteiger partial charge is 0.489 e. The number of para-hydroxylation sites is 2. The van der Waals surface area contributed by atoms with Crippen LogP contribution in [0.3, 0.4) is 0 Å². The maximum Gasteiger partial charge on any atom is 0.276 e.